The number of halogens is 4. The maximum Gasteiger partial charge on any atom is 0.416 e. The molecule has 0 spiro atoms. The Morgan fingerprint density at radius 2 is 1.65 bits per heavy atom. The SMILES string of the molecule is O=C(COc1ccc(Cl)cc1)NCc1ccc(C(F)(F)F)cc1. The van der Waals surface area contributed by atoms with Crippen molar-refractivity contribution in [2.75, 3.05) is 6.61 Å². The molecular formula is C16H13ClF3NO2. The smallest absolute Gasteiger partial charge is 0.416 e. The van der Waals surface area contributed by atoms with Gasteiger partial charge < -0.3 is 10.1 Å². The third-order valence-corrected chi connectivity index (χ3v) is 3.21. The van der Waals surface area contributed by atoms with Crippen LogP contribution in [-0.2, 0) is 17.5 Å². The van der Waals surface area contributed by atoms with Crippen molar-refractivity contribution in [1.29, 1.82) is 0 Å². The summed E-state index contributed by atoms with van der Waals surface area (Å²) in [5.41, 5.74) is -0.156. The molecule has 0 saturated carbocycles. The number of benzene rings is 2. The molecule has 0 aliphatic carbocycles. The van der Waals surface area contributed by atoms with Gasteiger partial charge in [0.25, 0.3) is 5.91 Å². The predicted molar refractivity (Wildman–Crippen MR) is 80.2 cm³/mol. The fraction of sp³-hybridized carbons (Fsp3) is 0.188. The van der Waals surface area contributed by atoms with Gasteiger partial charge in [0.2, 0.25) is 0 Å². The fourth-order valence-electron chi connectivity index (χ4n) is 1.74. The Hall–Kier alpha value is -2.21. The first-order valence-electron chi connectivity index (χ1n) is 6.66. The molecule has 1 N–H and O–H groups in total. The number of alkyl halides is 3. The highest BCUT2D eigenvalue weighted by atomic mass is 35.5. The van der Waals surface area contributed by atoms with E-state index in [2.05, 4.69) is 5.32 Å². The van der Waals surface area contributed by atoms with Crippen molar-refractivity contribution in [3.8, 4) is 5.75 Å². The van der Waals surface area contributed by atoms with Crippen LogP contribution < -0.4 is 10.1 Å². The monoisotopic (exact) mass is 343 g/mol. The van der Waals surface area contributed by atoms with E-state index >= 15 is 0 Å². The van der Waals surface area contributed by atoms with E-state index in [-0.39, 0.29) is 19.1 Å². The second-order valence-electron chi connectivity index (χ2n) is 4.71. The molecule has 0 heterocycles. The normalized spacial score (nSPS) is 11.1. The highest BCUT2D eigenvalue weighted by molar-refractivity contribution is 6.30. The number of hydrogen-bond acceptors (Lipinski definition) is 2. The standard InChI is InChI=1S/C16H13ClF3NO2/c17-13-5-7-14(8-6-13)23-10-15(22)21-9-11-1-3-12(4-2-11)16(18,19)20/h1-8H,9-10H2,(H,21,22). The lowest BCUT2D eigenvalue weighted by atomic mass is 10.1. The van der Waals surface area contributed by atoms with Gasteiger partial charge in [0.15, 0.2) is 6.61 Å². The highest BCUT2D eigenvalue weighted by Crippen LogP contribution is 2.29. The van der Waals surface area contributed by atoms with Gasteiger partial charge in [0.1, 0.15) is 5.75 Å². The van der Waals surface area contributed by atoms with Crippen LogP contribution >= 0.6 is 11.6 Å². The van der Waals surface area contributed by atoms with Crippen molar-refractivity contribution in [1.82, 2.24) is 5.32 Å². The molecule has 3 nitrogen and oxygen atoms in total. The van der Waals surface area contributed by atoms with Gasteiger partial charge in [-0.2, -0.15) is 13.2 Å². The number of ether oxygens (including phenoxy) is 1. The maximum atomic E-state index is 12.4. The molecule has 0 unspecified atom stereocenters. The van der Waals surface area contributed by atoms with Crippen molar-refractivity contribution in [2.24, 2.45) is 0 Å². The minimum Gasteiger partial charge on any atom is -0.484 e. The molecule has 0 aliphatic heterocycles. The Kier molecular flexibility index (Phi) is 5.50. The summed E-state index contributed by atoms with van der Waals surface area (Å²) in [5.74, 6) is 0.124. The van der Waals surface area contributed by atoms with Gasteiger partial charge in [-0.05, 0) is 42.0 Å². The molecule has 122 valence electrons. The van der Waals surface area contributed by atoms with Gasteiger partial charge >= 0.3 is 6.18 Å². The summed E-state index contributed by atoms with van der Waals surface area (Å²) in [6.45, 7) is -0.0663. The average Bonchev–Trinajstić information content (AvgIpc) is 2.52. The zero-order valence-electron chi connectivity index (χ0n) is 11.9. The zero-order valence-corrected chi connectivity index (χ0v) is 12.6. The van der Waals surface area contributed by atoms with Crippen LogP contribution in [0.15, 0.2) is 48.5 Å². The number of carbonyl (C=O) groups is 1. The molecule has 0 bridgehead atoms. The van der Waals surface area contributed by atoms with Crippen LogP contribution in [0.4, 0.5) is 13.2 Å². The van der Waals surface area contributed by atoms with Crippen LogP contribution in [0.1, 0.15) is 11.1 Å². The van der Waals surface area contributed by atoms with E-state index in [9.17, 15) is 18.0 Å². The Labute approximate surface area is 136 Å². The molecule has 7 heteroatoms. The fourth-order valence-corrected chi connectivity index (χ4v) is 1.87. The van der Waals surface area contributed by atoms with Crippen LogP contribution in [0, 0.1) is 0 Å². The molecule has 0 aromatic heterocycles. The van der Waals surface area contributed by atoms with Crippen LogP contribution in [0.3, 0.4) is 0 Å². The summed E-state index contributed by atoms with van der Waals surface area (Å²) < 4.78 is 42.5. The molecule has 0 saturated heterocycles. The summed E-state index contributed by atoms with van der Waals surface area (Å²) >= 11 is 5.73. The van der Waals surface area contributed by atoms with Gasteiger partial charge in [0, 0.05) is 11.6 Å². The second-order valence-corrected chi connectivity index (χ2v) is 5.15. The Balaban J connectivity index is 1.79. The molecule has 0 atom stereocenters. The van der Waals surface area contributed by atoms with E-state index in [1.54, 1.807) is 24.3 Å². The van der Waals surface area contributed by atoms with E-state index < -0.39 is 11.7 Å². The first-order valence-corrected chi connectivity index (χ1v) is 7.03. The van der Waals surface area contributed by atoms with Crippen molar-refractivity contribution in [2.45, 2.75) is 12.7 Å². The van der Waals surface area contributed by atoms with E-state index in [0.717, 1.165) is 12.1 Å². The second kappa shape index (κ2) is 7.37. The molecule has 2 rings (SSSR count). The van der Waals surface area contributed by atoms with Gasteiger partial charge in [-0.25, -0.2) is 0 Å². The molecule has 2 aromatic carbocycles. The van der Waals surface area contributed by atoms with Crippen LogP contribution in [0.25, 0.3) is 0 Å². The van der Waals surface area contributed by atoms with E-state index in [0.29, 0.717) is 16.3 Å². The van der Waals surface area contributed by atoms with Crippen molar-refractivity contribution >= 4 is 17.5 Å². The van der Waals surface area contributed by atoms with Crippen molar-refractivity contribution in [3.63, 3.8) is 0 Å². The van der Waals surface area contributed by atoms with E-state index in [4.69, 9.17) is 16.3 Å². The van der Waals surface area contributed by atoms with E-state index in [1.807, 2.05) is 0 Å². The zero-order chi connectivity index (χ0) is 16.9. The molecule has 0 radical (unpaired) electrons. The lowest BCUT2D eigenvalue weighted by Crippen LogP contribution is -2.28. The quantitative estimate of drug-likeness (QED) is 0.889. The van der Waals surface area contributed by atoms with Gasteiger partial charge in [0.05, 0.1) is 5.56 Å². The number of rotatable bonds is 5. The molecule has 0 fully saturated rings. The van der Waals surface area contributed by atoms with E-state index in [1.165, 1.54) is 12.1 Å². The Morgan fingerprint density at radius 1 is 1.04 bits per heavy atom. The minimum atomic E-state index is -4.37. The first-order chi connectivity index (χ1) is 10.8. The number of hydrogen-bond donors (Lipinski definition) is 1. The number of carbonyl (C=O) groups excluding carboxylic acids is 1. The number of nitrogens with one attached hydrogen (secondary N) is 1. The number of amides is 1. The van der Waals surface area contributed by atoms with Crippen LogP contribution in [0.5, 0.6) is 5.75 Å². The van der Waals surface area contributed by atoms with Crippen molar-refractivity contribution < 1.29 is 22.7 Å². The van der Waals surface area contributed by atoms with Gasteiger partial charge in [-0.3, -0.25) is 4.79 Å². The minimum absolute atomic E-state index is 0.126. The van der Waals surface area contributed by atoms with Crippen LogP contribution in [0.2, 0.25) is 5.02 Å². The molecule has 2 aromatic rings. The van der Waals surface area contributed by atoms with Gasteiger partial charge in [-0.15, -0.1) is 0 Å². The summed E-state index contributed by atoms with van der Waals surface area (Å²) in [7, 11) is 0. The lowest BCUT2D eigenvalue weighted by molar-refractivity contribution is -0.137. The lowest BCUT2D eigenvalue weighted by Gasteiger charge is -2.09. The first kappa shape index (κ1) is 17.1. The maximum absolute atomic E-state index is 12.4. The summed E-state index contributed by atoms with van der Waals surface area (Å²) in [5, 5.41) is 3.13. The summed E-state index contributed by atoms with van der Waals surface area (Å²) in [4.78, 5) is 11.6. The highest BCUT2D eigenvalue weighted by Gasteiger charge is 2.29. The Bertz CT molecular complexity index is 655. The summed E-state index contributed by atoms with van der Waals surface area (Å²) in [6, 6.07) is 11.1. The predicted octanol–water partition coefficient (Wildman–Crippen LogP) is 4.05. The average molecular weight is 344 g/mol. The van der Waals surface area contributed by atoms with Gasteiger partial charge in [-0.1, -0.05) is 23.7 Å². The molecule has 23 heavy (non-hydrogen) atoms. The van der Waals surface area contributed by atoms with Crippen LogP contribution in [-0.4, -0.2) is 12.5 Å². The largest absolute Gasteiger partial charge is 0.484 e. The molecular weight excluding hydrogens is 331 g/mol. The summed E-state index contributed by atoms with van der Waals surface area (Å²) in [6.07, 6.45) is -4.37. The Morgan fingerprint density at radius 3 is 2.22 bits per heavy atom. The molecule has 1 amide bonds. The third kappa shape index (κ3) is 5.49. The third-order valence-electron chi connectivity index (χ3n) is 2.95. The topological polar surface area (TPSA) is 38.3 Å². The van der Waals surface area contributed by atoms with Crippen molar-refractivity contribution in [3.05, 3.63) is 64.7 Å². The molecule has 0 aliphatic rings.